The van der Waals surface area contributed by atoms with Gasteiger partial charge >= 0.3 is 12.6 Å². The van der Waals surface area contributed by atoms with Crippen LogP contribution in [-0.4, -0.2) is 29.6 Å². The minimum Gasteiger partial charge on any atom is -0.435 e. The molecule has 1 aromatic heterocycles. The molecule has 0 fully saturated rings. The molecule has 0 bridgehead atoms. The van der Waals surface area contributed by atoms with Crippen LogP contribution < -0.4 is 10.1 Å². The molecule has 2 rings (SSSR count). The number of rotatable bonds is 5. The first-order valence-electron chi connectivity index (χ1n) is 6.51. The fraction of sp³-hybridized carbons (Fsp3) is 0.200. The van der Waals surface area contributed by atoms with Gasteiger partial charge in [0.1, 0.15) is 5.75 Å². The third-order valence-electron chi connectivity index (χ3n) is 2.80. The predicted molar refractivity (Wildman–Crippen MR) is 77.8 cm³/mol. The van der Waals surface area contributed by atoms with Gasteiger partial charge in [0.05, 0.1) is 12.2 Å². The number of ether oxygens (including phenoxy) is 1. The highest BCUT2D eigenvalue weighted by Gasteiger charge is 2.10. The molecule has 0 aliphatic rings. The second kappa shape index (κ2) is 7.35. The van der Waals surface area contributed by atoms with Crippen molar-refractivity contribution in [2.75, 3.05) is 12.4 Å². The van der Waals surface area contributed by atoms with Crippen molar-refractivity contribution in [3.05, 3.63) is 54.4 Å². The third-order valence-corrected chi connectivity index (χ3v) is 2.80. The van der Waals surface area contributed by atoms with E-state index in [1.807, 2.05) is 12.1 Å². The minimum absolute atomic E-state index is 0.0369. The van der Waals surface area contributed by atoms with Crippen molar-refractivity contribution in [3.63, 3.8) is 0 Å². The number of aromatic nitrogens is 1. The molecule has 2 aromatic rings. The van der Waals surface area contributed by atoms with Crippen molar-refractivity contribution in [1.29, 1.82) is 0 Å². The topological polar surface area (TPSA) is 54.5 Å². The quantitative estimate of drug-likeness (QED) is 0.921. The van der Waals surface area contributed by atoms with Crippen LogP contribution in [0.5, 0.6) is 5.75 Å². The van der Waals surface area contributed by atoms with Gasteiger partial charge in [-0.05, 0) is 36.4 Å². The van der Waals surface area contributed by atoms with Crippen molar-refractivity contribution < 1.29 is 18.3 Å². The fourth-order valence-corrected chi connectivity index (χ4v) is 1.75. The molecular weight excluding hydrogens is 292 g/mol. The third kappa shape index (κ3) is 4.69. The van der Waals surface area contributed by atoms with E-state index in [0.717, 1.165) is 5.69 Å². The number of hydrogen-bond acceptors (Lipinski definition) is 3. The number of pyridine rings is 1. The lowest BCUT2D eigenvalue weighted by molar-refractivity contribution is -0.0498. The van der Waals surface area contributed by atoms with Crippen LogP contribution in [0.1, 0.15) is 5.69 Å². The van der Waals surface area contributed by atoms with E-state index in [1.54, 1.807) is 19.3 Å². The normalized spacial score (nSPS) is 10.4. The largest absolute Gasteiger partial charge is 0.435 e. The van der Waals surface area contributed by atoms with Crippen LogP contribution in [-0.2, 0) is 6.54 Å². The summed E-state index contributed by atoms with van der Waals surface area (Å²) < 4.78 is 28.3. The van der Waals surface area contributed by atoms with Gasteiger partial charge in [0.25, 0.3) is 0 Å². The van der Waals surface area contributed by atoms with Crippen molar-refractivity contribution in [1.82, 2.24) is 9.88 Å². The Hall–Kier alpha value is -2.70. The SMILES string of the molecule is CN(Cc1ccccn1)C(=O)Nc1ccc(OC(F)F)cc1. The van der Waals surface area contributed by atoms with Gasteiger partial charge in [-0.2, -0.15) is 8.78 Å². The lowest BCUT2D eigenvalue weighted by Crippen LogP contribution is -2.31. The summed E-state index contributed by atoms with van der Waals surface area (Å²) >= 11 is 0. The summed E-state index contributed by atoms with van der Waals surface area (Å²) in [4.78, 5) is 17.6. The molecule has 7 heteroatoms. The smallest absolute Gasteiger partial charge is 0.387 e. The van der Waals surface area contributed by atoms with Crippen molar-refractivity contribution in [2.45, 2.75) is 13.2 Å². The minimum atomic E-state index is -2.87. The van der Waals surface area contributed by atoms with E-state index >= 15 is 0 Å². The number of urea groups is 1. The molecule has 0 spiro atoms. The summed E-state index contributed by atoms with van der Waals surface area (Å²) in [5.74, 6) is 0.0369. The Morgan fingerprint density at radius 3 is 2.59 bits per heavy atom. The van der Waals surface area contributed by atoms with E-state index in [4.69, 9.17) is 0 Å². The maximum absolute atomic E-state index is 12.0. The van der Waals surface area contributed by atoms with Crippen LogP contribution in [0.15, 0.2) is 48.7 Å². The molecular formula is C15H15F2N3O2. The standard InChI is InChI=1S/C15H15F2N3O2/c1-20(10-12-4-2-3-9-18-12)15(21)19-11-5-7-13(8-6-11)22-14(16)17/h2-9,14H,10H2,1H3,(H,19,21). The molecule has 0 saturated heterocycles. The van der Waals surface area contributed by atoms with Crippen LogP contribution in [0.3, 0.4) is 0 Å². The Labute approximate surface area is 126 Å². The number of halogens is 2. The van der Waals surface area contributed by atoms with Crippen LogP contribution in [0.4, 0.5) is 19.3 Å². The Morgan fingerprint density at radius 2 is 2.00 bits per heavy atom. The first-order valence-corrected chi connectivity index (χ1v) is 6.51. The summed E-state index contributed by atoms with van der Waals surface area (Å²) in [6, 6.07) is 10.8. The average molecular weight is 307 g/mol. The van der Waals surface area contributed by atoms with Crippen LogP contribution >= 0.6 is 0 Å². The summed E-state index contributed by atoms with van der Waals surface area (Å²) in [6.07, 6.45) is 1.66. The van der Waals surface area contributed by atoms with E-state index in [9.17, 15) is 13.6 Å². The Kier molecular flexibility index (Phi) is 5.24. The number of hydrogen-bond donors (Lipinski definition) is 1. The maximum atomic E-state index is 12.0. The molecule has 1 heterocycles. The zero-order valence-corrected chi connectivity index (χ0v) is 11.9. The van der Waals surface area contributed by atoms with Gasteiger partial charge in [0.2, 0.25) is 0 Å². The van der Waals surface area contributed by atoms with Crippen molar-refractivity contribution >= 4 is 11.7 Å². The highest BCUT2D eigenvalue weighted by molar-refractivity contribution is 5.89. The number of benzene rings is 1. The zero-order chi connectivity index (χ0) is 15.9. The second-order valence-electron chi connectivity index (χ2n) is 4.51. The number of alkyl halides is 2. The van der Waals surface area contributed by atoms with E-state index in [2.05, 4.69) is 15.0 Å². The molecule has 0 atom stereocenters. The number of carbonyl (C=O) groups excluding carboxylic acids is 1. The fourth-order valence-electron chi connectivity index (χ4n) is 1.75. The van der Waals surface area contributed by atoms with Crippen LogP contribution in [0, 0.1) is 0 Å². The van der Waals surface area contributed by atoms with Gasteiger partial charge in [-0.15, -0.1) is 0 Å². The Balaban J connectivity index is 1.90. The summed E-state index contributed by atoms with van der Waals surface area (Å²) in [5, 5.41) is 2.66. The maximum Gasteiger partial charge on any atom is 0.387 e. The summed E-state index contributed by atoms with van der Waals surface area (Å²) in [7, 11) is 1.64. The zero-order valence-electron chi connectivity index (χ0n) is 11.9. The highest BCUT2D eigenvalue weighted by atomic mass is 19.3. The van der Waals surface area contributed by atoms with Gasteiger partial charge in [-0.1, -0.05) is 6.07 Å². The van der Waals surface area contributed by atoms with Crippen molar-refractivity contribution in [2.24, 2.45) is 0 Å². The number of anilines is 1. The average Bonchev–Trinajstić information content (AvgIpc) is 2.49. The number of carbonyl (C=O) groups is 1. The molecule has 1 N–H and O–H groups in total. The molecule has 22 heavy (non-hydrogen) atoms. The van der Waals surface area contributed by atoms with Gasteiger partial charge in [-0.25, -0.2) is 4.79 Å². The lowest BCUT2D eigenvalue weighted by atomic mass is 10.3. The summed E-state index contributed by atoms with van der Waals surface area (Å²) in [6.45, 7) is -2.51. The molecule has 0 unspecified atom stereocenters. The van der Waals surface area contributed by atoms with Crippen molar-refractivity contribution in [3.8, 4) is 5.75 Å². The molecule has 0 radical (unpaired) electrons. The number of amides is 2. The van der Waals surface area contributed by atoms with E-state index in [-0.39, 0.29) is 11.8 Å². The van der Waals surface area contributed by atoms with Crippen LogP contribution in [0.2, 0.25) is 0 Å². The molecule has 0 saturated carbocycles. The Morgan fingerprint density at radius 1 is 1.27 bits per heavy atom. The van der Waals surface area contributed by atoms with E-state index < -0.39 is 6.61 Å². The second-order valence-corrected chi connectivity index (χ2v) is 4.51. The molecule has 0 aliphatic heterocycles. The first-order chi connectivity index (χ1) is 10.5. The van der Waals surface area contributed by atoms with Crippen LogP contribution in [0.25, 0.3) is 0 Å². The highest BCUT2D eigenvalue weighted by Crippen LogP contribution is 2.18. The Bertz CT molecular complexity index is 606. The molecule has 1 aromatic carbocycles. The van der Waals surface area contributed by atoms with E-state index in [0.29, 0.717) is 12.2 Å². The van der Waals surface area contributed by atoms with Gasteiger partial charge in [0, 0.05) is 18.9 Å². The van der Waals surface area contributed by atoms with Gasteiger partial charge in [0.15, 0.2) is 0 Å². The lowest BCUT2D eigenvalue weighted by Gasteiger charge is -2.17. The van der Waals surface area contributed by atoms with Gasteiger partial charge < -0.3 is 15.0 Å². The van der Waals surface area contributed by atoms with Gasteiger partial charge in [-0.3, -0.25) is 4.98 Å². The van der Waals surface area contributed by atoms with E-state index in [1.165, 1.54) is 29.2 Å². The first kappa shape index (κ1) is 15.7. The number of nitrogens with zero attached hydrogens (tertiary/aromatic N) is 2. The number of nitrogens with one attached hydrogen (secondary N) is 1. The molecule has 2 amide bonds. The predicted octanol–water partition coefficient (Wildman–Crippen LogP) is 3.35. The monoisotopic (exact) mass is 307 g/mol. The summed E-state index contributed by atoms with van der Waals surface area (Å²) in [5.41, 5.74) is 1.25. The molecule has 116 valence electrons. The molecule has 5 nitrogen and oxygen atoms in total. The molecule has 0 aliphatic carbocycles.